The normalized spacial score (nSPS) is 18.7. The van der Waals surface area contributed by atoms with Gasteiger partial charge in [-0.25, -0.2) is 4.79 Å². The van der Waals surface area contributed by atoms with Crippen LogP contribution in [0.5, 0.6) is 0 Å². The Morgan fingerprint density at radius 1 is 1.43 bits per heavy atom. The maximum absolute atomic E-state index is 12.4. The van der Waals surface area contributed by atoms with Gasteiger partial charge in [0, 0.05) is 29.9 Å². The summed E-state index contributed by atoms with van der Waals surface area (Å²) < 4.78 is 0. The summed E-state index contributed by atoms with van der Waals surface area (Å²) >= 11 is 1.42. The first-order chi connectivity index (χ1) is 11.0. The van der Waals surface area contributed by atoms with Crippen LogP contribution in [0, 0.1) is 6.92 Å². The van der Waals surface area contributed by atoms with E-state index in [-0.39, 0.29) is 11.9 Å². The number of thiophene rings is 1. The Morgan fingerprint density at radius 3 is 2.96 bits per heavy atom. The maximum atomic E-state index is 12.4. The molecule has 0 unspecified atom stereocenters. The molecule has 2 N–H and O–H groups in total. The smallest absolute Gasteiger partial charge is 0.336 e. The Hall–Kier alpha value is -2.18. The molecule has 0 radical (unpaired) electrons. The molecular weight excluding hydrogens is 312 g/mol. The van der Waals surface area contributed by atoms with Crippen LogP contribution in [0.15, 0.2) is 35.7 Å². The zero-order valence-corrected chi connectivity index (χ0v) is 13.6. The molecule has 1 saturated heterocycles. The van der Waals surface area contributed by atoms with Gasteiger partial charge in [0.1, 0.15) is 6.04 Å². The van der Waals surface area contributed by atoms with Crippen molar-refractivity contribution in [2.45, 2.75) is 19.5 Å². The van der Waals surface area contributed by atoms with Gasteiger partial charge < -0.3 is 10.4 Å². The number of amides is 1. The Kier molecular flexibility index (Phi) is 4.45. The fourth-order valence-electron chi connectivity index (χ4n) is 2.86. The Bertz CT molecular complexity index is 741. The minimum Gasteiger partial charge on any atom is -0.478 e. The van der Waals surface area contributed by atoms with Crippen molar-refractivity contribution in [2.75, 3.05) is 13.1 Å². The van der Waals surface area contributed by atoms with Gasteiger partial charge in [0.25, 0.3) is 0 Å². The molecule has 0 bridgehead atoms. The van der Waals surface area contributed by atoms with E-state index in [1.807, 2.05) is 31.2 Å². The second-order valence-corrected chi connectivity index (χ2v) is 6.68. The number of aryl methyl sites for hydroxylation is 1. The average molecular weight is 330 g/mol. The summed E-state index contributed by atoms with van der Waals surface area (Å²) in [7, 11) is 0. The van der Waals surface area contributed by atoms with E-state index >= 15 is 0 Å². The van der Waals surface area contributed by atoms with Gasteiger partial charge in [-0.3, -0.25) is 9.69 Å². The lowest BCUT2D eigenvalue weighted by atomic mass is 10.0. The van der Waals surface area contributed by atoms with E-state index in [1.165, 1.54) is 11.3 Å². The van der Waals surface area contributed by atoms with Crippen LogP contribution in [0.25, 0.3) is 0 Å². The highest BCUT2D eigenvalue weighted by Crippen LogP contribution is 2.27. The number of piperazine rings is 1. The van der Waals surface area contributed by atoms with Gasteiger partial charge in [0.2, 0.25) is 5.91 Å². The van der Waals surface area contributed by atoms with Crippen LogP contribution in [-0.4, -0.2) is 35.0 Å². The molecular formula is C17H18N2O3S. The molecule has 6 heteroatoms. The predicted octanol–water partition coefficient (Wildman–Crippen LogP) is 2.43. The Labute approximate surface area is 138 Å². The number of carbonyl (C=O) groups excluding carboxylic acids is 1. The van der Waals surface area contributed by atoms with Crippen molar-refractivity contribution in [2.24, 2.45) is 0 Å². The molecule has 1 aliphatic rings. The summed E-state index contributed by atoms with van der Waals surface area (Å²) in [6, 6.07) is 9.31. The van der Waals surface area contributed by atoms with Gasteiger partial charge in [0.15, 0.2) is 0 Å². The summed E-state index contributed by atoms with van der Waals surface area (Å²) in [4.78, 5) is 26.4. The largest absolute Gasteiger partial charge is 0.478 e. The topological polar surface area (TPSA) is 69.6 Å². The number of carboxylic acid groups (broad SMARTS) is 1. The van der Waals surface area contributed by atoms with Crippen LogP contribution < -0.4 is 5.32 Å². The molecule has 3 rings (SSSR count). The van der Waals surface area contributed by atoms with Crippen molar-refractivity contribution in [1.82, 2.24) is 10.2 Å². The third kappa shape index (κ3) is 3.43. The Morgan fingerprint density at radius 2 is 2.26 bits per heavy atom. The molecule has 1 amide bonds. The van der Waals surface area contributed by atoms with Crippen LogP contribution in [-0.2, 0) is 11.3 Å². The lowest BCUT2D eigenvalue weighted by Crippen LogP contribution is -2.49. The first-order valence-corrected chi connectivity index (χ1v) is 8.31. The minimum absolute atomic E-state index is 0.00290. The summed E-state index contributed by atoms with van der Waals surface area (Å²) in [6.45, 7) is 3.93. The van der Waals surface area contributed by atoms with E-state index < -0.39 is 5.97 Å². The fraction of sp³-hybridized carbons (Fsp3) is 0.294. The molecule has 2 aromatic rings. The molecule has 2 heterocycles. The minimum atomic E-state index is -0.917. The summed E-state index contributed by atoms with van der Waals surface area (Å²) in [5, 5.41) is 13.6. The van der Waals surface area contributed by atoms with Crippen molar-refractivity contribution in [3.05, 3.63) is 57.3 Å². The summed E-state index contributed by atoms with van der Waals surface area (Å²) in [6.07, 6.45) is 0. The van der Waals surface area contributed by atoms with E-state index in [4.69, 9.17) is 5.11 Å². The first-order valence-electron chi connectivity index (χ1n) is 7.43. The molecule has 1 atom stereocenters. The molecule has 0 saturated carbocycles. The van der Waals surface area contributed by atoms with Gasteiger partial charge >= 0.3 is 5.97 Å². The molecule has 0 aliphatic carbocycles. The van der Waals surface area contributed by atoms with E-state index in [0.717, 1.165) is 22.5 Å². The molecule has 0 spiro atoms. The van der Waals surface area contributed by atoms with Crippen LogP contribution in [0.2, 0.25) is 0 Å². The molecule has 1 aromatic heterocycles. The molecule has 120 valence electrons. The van der Waals surface area contributed by atoms with E-state index in [1.54, 1.807) is 11.4 Å². The first kappa shape index (κ1) is 15.7. The molecule has 5 nitrogen and oxygen atoms in total. The monoisotopic (exact) mass is 330 g/mol. The predicted molar refractivity (Wildman–Crippen MR) is 88.6 cm³/mol. The van der Waals surface area contributed by atoms with Crippen molar-refractivity contribution >= 4 is 23.2 Å². The number of benzene rings is 1. The molecule has 23 heavy (non-hydrogen) atoms. The highest BCUT2D eigenvalue weighted by molar-refractivity contribution is 7.10. The Balaban J connectivity index is 1.85. The average Bonchev–Trinajstić information content (AvgIpc) is 2.96. The second kappa shape index (κ2) is 6.52. The highest BCUT2D eigenvalue weighted by atomic mass is 32.1. The van der Waals surface area contributed by atoms with Gasteiger partial charge in [0.05, 0.1) is 5.56 Å². The zero-order valence-electron chi connectivity index (χ0n) is 12.8. The van der Waals surface area contributed by atoms with E-state index in [0.29, 0.717) is 18.7 Å². The second-order valence-electron chi connectivity index (χ2n) is 5.69. The number of rotatable bonds is 4. The van der Waals surface area contributed by atoms with Gasteiger partial charge in [-0.05, 0) is 18.6 Å². The number of nitrogens with zero attached hydrogens (tertiary/aromatic N) is 1. The van der Waals surface area contributed by atoms with Crippen LogP contribution in [0.1, 0.15) is 32.4 Å². The maximum Gasteiger partial charge on any atom is 0.336 e. The lowest BCUT2D eigenvalue weighted by Gasteiger charge is -2.35. The number of hydrogen-bond donors (Lipinski definition) is 2. The number of hydrogen-bond acceptors (Lipinski definition) is 4. The number of aromatic carboxylic acids is 1. The fourth-order valence-corrected chi connectivity index (χ4v) is 3.75. The van der Waals surface area contributed by atoms with E-state index in [2.05, 4.69) is 10.2 Å². The molecule has 1 aromatic carbocycles. The van der Waals surface area contributed by atoms with Crippen molar-refractivity contribution in [1.29, 1.82) is 0 Å². The zero-order chi connectivity index (χ0) is 16.4. The summed E-state index contributed by atoms with van der Waals surface area (Å²) in [5.41, 5.74) is 2.39. The van der Waals surface area contributed by atoms with Crippen molar-refractivity contribution in [3.8, 4) is 0 Å². The van der Waals surface area contributed by atoms with Gasteiger partial charge in [-0.1, -0.05) is 29.8 Å². The molecule has 1 aliphatic heterocycles. The van der Waals surface area contributed by atoms with E-state index in [9.17, 15) is 9.59 Å². The lowest BCUT2D eigenvalue weighted by molar-refractivity contribution is -0.129. The quantitative estimate of drug-likeness (QED) is 0.903. The van der Waals surface area contributed by atoms with Crippen molar-refractivity contribution < 1.29 is 14.7 Å². The van der Waals surface area contributed by atoms with Crippen LogP contribution in [0.4, 0.5) is 0 Å². The van der Waals surface area contributed by atoms with Crippen LogP contribution in [0.3, 0.4) is 0 Å². The number of carboxylic acids is 1. The standard InChI is InChI=1S/C17H18N2O3S/c1-11-3-2-4-12(7-11)15-16(20)18-5-6-19(15)9-14-8-13(10-23-14)17(21)22/h2-4,7-8,10,15H,5-6,9H2,1H3,(H,18,20)(H,21,22)/t15-/m0/s1. The number of nitrogens with one attached hydrogen (secondary N) is 1. The van der Waals surface area contributed by atoms with Gasteiger partial charge in [-0.15, -0.1) is 11.3 Å². The summed E-state index contributed by atoms with van der Waals surface area (Å²) in [5.74, 6) is -0.920. The number of carbonyl (C=O) groups is 2. The highest BCUT2D eigenvalue weighted by Gasteiger charge is 2.31. The molecule has 1 fully saturated rings. The van der Waals surface area contributed by atoms with Crippen molar-refractivity contribution in [3.63, 3.8) is 0 Å². The third-order valence-corrected chi connectivity index (χ3v) is 4.85. The third-order valence-electron chi connectivity index (χ3n) is 3.93. The SMILES string of the molecule is Cc1cccc([C@H]2C(=O)NCCN2Cc2cc(C(=O)O)cs2)c1. The van der Waals surface area contributed by atoms with Gasteiger partial charge in [-0.2, -0.15) is 0 Å². The van der Waals surface area contributed by atoms with Crippen LogP contribution >= 0.6 is 11.3 Å².